The molecule has 2 N–H and O–H groups in total. The lowest BCUT2D eigenvalue weighted by molar-refractivity contribution is 0.242. The normalized spacial score (nSPS) is 12.1. The van der Waals surface area contributed by atoms with Crippen LogP contribution >= 0.6 is 0 Å². The highest BCUT2D eigenvalue weighted by atomic mass is 16.2. The third-order valence-electron chi connectivity index (χ3n) is 1.04. The van der Waals surface area contributed by atoms with Crippen LogP contribution in [-0.4, -0.2) is 18.5 Å². The van der Waals surface area contributed by atoms with Crippen molar-refractivity contribution >= 4 is 18.5 Å². The van der Waals surface area contributed by atoms with Crippen molar-refractivity contribution in [3.8, 4) is 0 Å². The Morgan fingerprint density at radius 3 is 1.79 bits per heavy atom. The van der Waals surface area contributed by atoms with Gasteiger partial charge < -0.3 is 0 Å². The van der Waals surface area contributed by atoms with E-state index < -0.39 is 6.03 Å². The molecule has 0 bridgehead atoms. The summed E-state index contributed by atoms with van der Waals surface area (Å²) in [7, 11) is 0. The van der Waals surface area contributed by atoms with Gasteiger partial charge in [0.2, 0.25) is 0 Å². The van der Waals surface area contributed by atoms with E-state index in [1.165, 1.54) is 12.4 Å². The smallest absolute Gasteiger partial charge is 0.245 e. The van der Waals surface area contributed by atoms with Gasteiger partial charge >= 0.3 is 6.03 Å². The summed E-state index contributed by atoms with van der Waals surface area (Å²) in [5.41, 5.74) is 4.45. The van der Waals surface area contributed by atoms with E-state index in [0.29, 0.717) is 0 Å². The molecule has 0 aromatic rings. The molecule has 0 radical (unpaired) electrons. The van der Waals surface area contributed by atoms with Crippen LogP contribution in [-0.2, 0) is 0 Å². The van der Waals surface area contributed by atoms with Gasteiger partial charge in [-0.3, -0.25) is 0 Å². The van der Waals surface area contributed by atoms with E-state index >= 15 is 0 Å². The zero-order chi connectivity index (χ0) is 10.6. The largest absolute Gasteiger partial charge is 0.355 e. The third kappa shape index (κ3) is 8.19. The highest BCUT2D eigenvalue weighted by Crippen LogP contribution is 1.68. The quantitative estimate of drug-likeness (QED) is 0.515. The molecule has 0 fully saturated rings. The molecule has 0 aliphatic heterocycles. The molecular weight excluding hydrogens is 180 g/mol. The average Bonchev–Trinajstić information content (AvgIpc) is 2.19. The lowest BCUT2D eigenvalue weighted by Crippen LogP contribution is -2.28. The molecule has 0 saturated carbocycles. The summed E-state index contributed by atoms with van der Waals surface area (Å²) in [6.07, 6.45) is 9.93. The first kappa shape index (κ1) is 12.1. The topological polar surface area (TPSA) is 65.8 Å². The molecule has 0 aromatic heterocycles. The van der Waals surface area contributed by atoms with E-state index in [1.807, 2.05) is 13.8 Å². The molecule has 0 aliphatic carbocycles. The number of allylic oxidation sites excluding steroid dienone is 4. The van der Waals surface area contributed by atoms with Crippen LogP contribution in [0, 0.1) is 0 Å². The van der Waals surface area contributed by atoms with Crippen molar-refractivity contribution in [2.75, 3.05) is 0 Å². The number of nitrogens with zero attached hydrogens (tertiary/aromatic N) is 2. The van der Waals surface area contributed by atoms with Gasteiger partial charge in [0.25, 0.3) is 0 Å². The van der Waals surface area contributed by atoms with Crippen molar-refractivity contribution in [3.05, 3.63) is 24.3 Å². The Bertz CT molecular complexity index is 240. The van der Waals surface area contributed by atoms with Crippen molar-refractivity contribution in [1.29, 1.82) is 0 Å². The van der Waals surface area contributed by atoms with Crippen molar-refractivity contribution in [1.82, 2.24) is 10.9 Å². The molecule has 0 unspecified atom stereocenters. The summed E-state index contributed by atoms with van der Waals surface area (Å²) >= 11 is 0. The maximum atomic E-state index is 10.9. The van der Waals surface area contributed by atoms with Gasteiger partial charge in [0.05, 0.1) is 0 Å². The number of amides is 2. The predicted octanol–water partition coefficient (Wildman–Crippen LogP) is 1.41. The Balaban J connectivity index is 3.65. The van der Waals surface area contributed by atoms with Gasteiger partial charge in [0, 0.05) is 12.4 Å². The SMILES string of the molecule is C/C=C\C=N\NC(=O)N/N=C\C=C\C. The predicted molar refractivity (Wildman–Crippen MR) is 58.3 cm³/mol. The summed E-state index contributed by atoms with van der Waals surface area (Å²) < 4.78 is 0. The van der Waals surface area contributed by atoms with Crippen molar-refractivity contribution in [2.45, 2.75) is 13.8 Å². The van der Waals surface area contributed by atoms with Gasteiger partial charge in [0.1, 0.15) is 0 Å². The van der Waals surface area contributed by atoms with Crippen molar-refractivity contribution in [2.24, 2.45) is 10.2 Å². The highest BCUT2D eigenvalue weighted by molar-refractivity contribution is 5.78. The summed E-state index contributed by atoms with van der Waals surface area (Å²) in [4.78, 5) is 10.9. The first-order chi connectivity index (χ1) is 6.81. The van der Waals surface area contributed by atoms with Gasteiger partial charge in [-0.05, 0) is 26.0 Å². The maximum Gasteiger partial charge on any atom is 0.355 e. The monoisotopic (exact) mass is 194 g/mol. The Morgan fingerprint density at radius 2 is 1.43 bits per heavy atom. The molecule has 2 amide bonds. The van der Waals surface area contributed by atoms with Gasteiger partial charge in [-0.25, -0.2) is 15.6 Å². The van der Waals surface area contributed by atoms with Gasteiger partial charge in [-0.15, -0.1) is 0 Å². The molecular formula is C9H14N4O. The first-order valence-electron chi connectivity index (χ1n) is 4.16. The van der Waals surface area contributed by atoms with E-state index in [4.69, 9.17) is 0 Å². The number of carbonyl (C=O) groups excluding carboxylic acids is 1. The second-order valence-corrected chi connectivity index (χ2v) is 2.16. The Hall–Kier alpha value is -1.91. The second-order valence-electron chi connectivity index (χ2n) is 2.16. The van der Waals surface area contributed by atoms with Crippen LogP contribution in [0.25, 0.3) is 0 Å². The Kier molecular flexibility index (Phi) is 7.93. The fourth-order valence-electron chi connectivity index (χ4n) is 0.475. The third-order valence-corrected chi connectivity index (χ3v) is 1.04. The second kappa shape index (κ2) is 9.18. The minimum atomic E-state index is -0.480. The minimum Gasteiger partial charge on any atom is -0.245 e. The van der Waals surface area contributed by atoms with Crippen LogP contribution in [0.3, 0.4) is 0 Å². The number of hydrogen-bond donors (Lipinski definition) is 2. The number of urea groups is 1. The van der Waals surface area contributed by atoms with E-state index in [9.17, 15) is 4.79 Å². The van der Waals surface area contributed by atoms with Crippen LogP contribution in [0.5, 0.6) is 0 Å². The van der Waals surface area contributed by atoms with E-state index in [0.717, 1.165) is 0 Å². The summed E-state index contributed by atoms with van der Waals surface area (Å²) in [6, 6.07) is -0.480. The van der Waals surface area contributed by atoms with Gasteiger partial charge in [0.15, 0.2) is 0 Å². The van der Waals surface area contributed by atoms with Crippen molar-refractivity contribution in [3.63, 3.8) is 0 Å². The number of nitrogens with one attached hydrogen (secondary N) is 2. The average molecular weight is 194 g/mol. The van der Waals surface area contributed by atoms with Crippen LogP contribution in [0.1, 0.15) is 13.8 Å². The number of hydrazone groups is 2. The first-order valence-corrected chi connectivity index (χ1v) is 4.16. The standard InChI is InChI=1S/C9H14N4O/c1-3-5-7-10-12-9(14)13-11-8-6-4-2/h3-8H,1-2H3,(H2,12,13,14)/b5-3-,6-4+,10-7+,11-8-. The van der Waals surface area contributed by atoms with Gasteiger partial charge in [-0.2, -0.15) is 10.2 Å². The molecule has 0 rings (SSSR count). The van der Waals surface area contributed by atoms with E-state index in [2.05, 4.69) is 21.1 Å². The van der Waals surface area contributed by atoms with E-state index in [1.54, 1.807) is 24.3 Å². The summed E-state index contributed by atoms with van der Waals surface area (Å²) in [5.74, 6) is 0. The molecule has 14 heavy (non-hydrogen) atoms. The maximum absolute atomic E-state index is 10.9. The zero-order valence-corrected chi connectivity index (χ0v) is 8.27. The van der Waals surface area contributed by atoms with Crippen LogP contribution in [0.4, 0.5) is 4.79 Å². The lowest BCUT2D eigenvalue weighted by Gasteiger charge is -1.94. The molecule has 0 aliphatic rings. The molecule has 0 heterocycles. The van der Waals surface area contributed by atoms with E-state index in [-0.39, 0.29) is 0 Å². The molecule has 5 heteroatoms. The molecule has 0 atom stereocenters. The number of carbonyl (C=O) groups is 1. The molecule has 0 spiro atoms. The minimum absolute atomic E-state index is 0.480. The Morgan fingerprint density at radius 1 is 1.00 bits per heavy atom. The fraction of sp³-hybridized carbons (Fsp3) is 0.222. The molecule has 0 aromatic carbocycles. The molecule has 0 saturated heterocycles. The van der Waals surface area contributed by atoms with Crippen LogP contribution < -0.4 is 10.9 Å². The Labute approximate surface area is 83.3 Å². The van der Waals surface area contributed by atoms with Crippen molar-refractivity contribution < 1.29 is 4.79 Å². The van der Waals surface area contributed by atoms with Gasteiger partial charge in [-0.1, -0.05) is 12.2 Å². The summed E-state index contributed by atoms with van der Waals surface area (Å²) in [5, 5.41) is 7.19. The summed E-state index contributed by atoms with van der Waals surface area (Å²) in [6.45, 7) is 3.71. The highest BCUT2D eigenvalue weighted by Gasteiger charge is 1.90. The zero-order valence-electron chi connectivity index (χ0n) is 8.27. The lowest BCUT2D eigenvalue weighted by atomic mass is 10.6. The van der Waals surface area contributed by atoms with Crippen LogP contribution in [0.15, 0.2) is 34.5 Å². The number of hydrogen-bond acceptors (Lipinski definition) is 3. The fourth-order valence-corrected chi connectivity index (χ4v) is 0.475. The molecule has 5 nitrogen and oxygen atoms in total. The molecule has 76 valence electrons. The van der Waals surface area contributed by atoms with Crippen LogP contribution in [0.2, 0.25) is 0 Å². The number of rotatable bonds is 4.